The molecule has 0 bridgehead atoms. The van der Waals surface area contributed by atoms with Gasteiger partial charge in [0.2, 0.25) is 5.95 Å². The first-order valence-corrected chi connectivity index (χ1v) is 18.6. The summed E-state index contributed by atoms with van der Waals surface area (Å²) in [6.07, 6.45) is 0. The van der Waals surface area contributed by atoms with Gasteiger partial charge in [0, 0.05) is 27.3 Å². The van der Waals surface area contributed by atoms with Gasteiger partial charge in [-0.15, -0.1) is 0 Å². The Morgan fingerprint density at radius 1 is 0.273 bits per heavy atom. The summed E-state index contributed by atoms with van der Waals surface area (Å²) in [7, 11) is 0. The van der Waals surface area contributed by atoms with E-state index >= 15 is 0 Å². The molecule has 0 fully saturated rings. The first-order valence-electron chi connectivity index (χ1n) is 18.6. The molecule has 2 aromatic heterocycles. The van der Waals surface area contributed by atoms with Crippen LogP contribution in [-0.2, 0) is 0 Å². The van der Waals surface area contributed by atoms with Crippen molar-refractivity contribution in [3.63, 3.8) is 0 Å². The zero-order valence-corrected chi connectivity index (χ0v) is 29.8. The standard InChI is InChI=1S/C51H32N4/c1-3-15-33(16-4-1)35-19-13-20-36(31-35)37-21-14-22-38(32-37)50-52-49(34-17-5-2-6-18-34)53-51(54-50)55-45-28-12-11-27-44(45)48-46(55)30-29-43-41-25-8-7-23-39(41)40-24-9-10-26-42(40)47(43)48/h1-32H. The molecular formula is C51H32N4. The van der Waals surface area contributed by atoms with Gasteiger partial charge in [-0.1, -0.05) is 170 Å². The van der Waals surface area contributed by atoms with E-state index < -0.39 is 0 Å². The lowest BCUT2D eigenvalue weighted by Crippen LogP contribution is -2.06. The predicted octanol–water partition coefficient (Wildman–Crippen LogP) is 13.1. The maximum absolute atomic E-state index is 5.30. The van der Waals surface area contributed by atoms with E-state index in [1.165, 1.54) is 48.8 Å². The SMILES string of the molecule is c1ccc(-c2cccc(-c3cccc(-c4nc(-c5ccccc5)nc(-n5c6ccccc6c6c7c8ccccc8c8ccccc8c7ccc65)n4)c3)c2)cc1. The molecule has 4 heteroatoms. The van der Waals surface area contributed by atoms with Crippen molar-refractivity contribution < 1.29 is 0 Å². The molecule has 11 aromatic rings. The molecule has 9 aromatic carbocycles. The number of rotatable bonds is 5. The number of aromatic nitrogens is 4. The fourth-order valence-corrected chi connectivity index (χ4v) is 8.33. The van der Waals surface area contributed by atoms with Gasteiger partial charge in [0.05, 0.1) is 11.0 Å². The van der Waals surface area contributed by atoms with E-state index in [0.29, 0.717) is 17.6 Å². The average molecular weight is 701 g/mol. The van der Waals surface area contributed by atoms with Gasteiger partial charge in [-0.05, 0) is 73.5 Å². The average Bonchev–Trinajstić information content (AvgIpc) is 3.61. The van der Waals surface area contributed by atoms with Gasteiger partial charge in [0.15, 0.2) is 11.6 Å². The molecule has 0 radical (unpaired) electrons. The van der Waals surface area contributed by atoms with Crippen LogP contribution in [0.1, 0.15) is 0 Å². The van der Waals surface area contributed by atoms with Crippen molar-refractivity contribution in [2.45, 2.75) is 0 Å². The Morgan fingerprint density at radius 3 is 1.40 bits per heavy atom. The molecule has 0 spiro atoms. The zero-order valence-electron chi connectivity index (χ0n) is 29.8. The Bertz CT molecular complexity index is 3220. The second-order valence-corrected chi connectivity index (χ2v) is 14.0. The summed E-state index contributed by atoms with van der Waals surface area (Å²) in [5.41, 5.74) is 8.56. The van der Waals surface area contributed by atoms with Crippen molar-refractivity contribution in [3.8, 4) is 51.0 Å². The summed E-state index contributed by atoms with van der Waals surface area (Å²) in [4.78, 5) is 15.7. The highest BCUT2D eigenvalue weighted by Gasteiger charge is 2.21. The molecule has 0 amide bonds. The molecule has 256 valence electrons. The molecule has 0 saturated carbocycles. The fourth-order valence-electron chi connectivity index (χ4n) is 8.33. The second-order valence-electron chi connectivity index (χ2n) is 14.0. The molecule has 0 aliphatic heterocycles. The van der Waals surface area contributed by atoms with Crippen molar-refractivity contribution >= 4 is 54.1 Å². The van der Waals surface area contributed by atoms with Gasteiger partial charge in [0.1, 0.15) is 0 Å². The summed E-state index contributed by atoms with van der Waals surface area (Å²) in [6, 6.07) is 68.6. The Balaban J connectivity index is 1.16. The van der Waals surface area contributed by atoms with E-state index in [1.54, 1.807) is 0 Å². The highest BCUT2D eigenvalue weighted by molar-refractivity contribution is 6.35. The van der Waals surface area contributed by atoms with E-state index in [1.807, 2.05) is 18.2 Å². The Labute approximate surface area is 317 Å². The third-order valence-corrected chi connectivity index (χ3v) is 10.8. The first-order chi connectivity index (χ1) is 27.3. The molecule has 0 atom stereocenters. The maximum Gasteiger partial charge on any atom is 0.238 e. The third-order valence-electron chi connectivity index (χ3n) is 10.8. The number of hydrogen-bond donors (Lipinski definition) is 0. The van der Waals surface area contributed by atoms with Crippen molar-refractivity contribution in [1.29, 1.82) is 0 Å². The van der Waals surface area contributed by atoms with E-state index in [9.17, 15) is 0 Å². The van der Waals surface area contributed by atoms with Crippen LogP contribution in [0.3, 0.4) is 0 Å². The van der Waals surface area contributed by atoms with Crippen molar-refractivity contribution in [2.75, 3.05) is 0 Å². The van der Waals surface area contributed by atoms with Crippen molar-refractivity contribution in [3.05, 3.63) is 194 Å². The maximum atomic E-state index is 5.30. The van der Waals surface area contributed by atoms with Crippen LogP contribution in [-0.4, -0.2) is 19.5 Å². The number of fused-ring (bicyclic) bond motifs is 10. The van der Waals surface area contributed by atoms with E-state index in [-0.39, 0.29) is 0 Å². The number of benzene rings is 9. The summed E-state index contributed by atoms with van der Waals surface area (Å²) in [6.45, 7) is 0. The van der Waals surface area contributed by atoms with Gasteiger partial charge in [-0.25, -0.2) is 4.98 Å². The molecular weight excluding hydrogens is 669 g/mol. The van der Waals surface area contributed by atoms with Crippen LogP contribution in [0, 0.1) is 0 Å². The van der Waals surface area contributed by atoms with Crippen molar-refractivity contribution in [1.82, 2.24) is 19.5 Å². The highest BCUT2D eigenvalue weighted by atomic mass is 15.2. The molecule has 0 aliphatic rings. The van der Waals surface area contributed by atoms with Crippen molar-refractivity contribution in [2.24, 2.45) is 0 Å². The minimum Gasteiger partial charge on any atom is -0.278 e. The molecule has 4 nitrogen and oxygen atoms in total. The summed E-state index contributed by atoms with van der Waals surface area (Å²) in [5, 5.41) is 9.82. The molecule has 11 rings (SSSR count). The Morgan fingerprint density at radius 2 is 0.727 bits per heavy atom. The highest BCUT2D eigenvalue weighted by Crippen LogP contribution is 2.43. The van der Waals surface area contributed by atoms with Gasteiger partial charge < -0.3 is 0 Å². The van der Waals surface area contributed by atoms with Gasteiger partial charge in [-0.2, -0.15) is 9.97 Å². The monoisotopic (exact) mass is 700 g/mol. The second kappa shape index (κ2) is 12.6. The lowest BCUT2D eigenvalue weighted by Gasteiger charge is -2.13. The largest absolute Gasteiger partial charge is 0.278 e. The Hall–Kier alpha value is -7.43. The van der Waals surface area contributed by atoms with Crippen LogP contribution in [0.4, 0.5) is 0 Å². The quantitative estimate of drug-likeness (QED) is 0.168. The molecule has 55 heavy (non-hydrogen) atoms. The molecule has 0 saturated heterocycles. The van der Waals surface area contributed by atoms with Gasteiger partial charge in [0.25, 0.3) is 0 Å². The smallest absolute Gasteiger partial charge is 0.238 e. The zero-order chi connectivity index (χ0) is 36.3. The predicted molar refractivity (Wildman–Crippen MR) is 228 cm³/mol. The van der Waals surface area contributed by atoms with E-state index in [0.717, 1.165) is 38.7 Å². The summed E-state index contributed by atoms with van der Waals surface area (Å²) < 4.78 is 2.22. The van der Waals surface area contributed by atoms with Crippen LogP contribution in [0.25, 0.3) is 105 Å². The normalized spacial score (nSPS) is 11.6. The molecule has 0 unspecified atom stereocenters. The molecule has 0 aliphatic carbocycles. The van der Waals surface area contributed by atoms with Crippen LogP contribution in [0.15, 0.2) is 194 Å². The lowest BCUT2D eigenvalue weighted by atomic mass is 9.92. The lowest BCUT2D eigenvalue weighted by molar-refractivity contribution is 0.953. The fraction of sp³-hybridized carbons (Fsp3) is 0. The van der Waals surface area contributed by atoms with Crippen LogP contribution < -0.4 is 0 Å². The summed E-state index contributed by atoms with van der Waals surface area (Å²) >= 11 is 0. The van der Waals surface area contributed by atoms with Crippen LogP contribution in [0.5, 0.6) is 0 Å². The minimum absolute atomic E-state index is 0.580. The number of para-hydroxylation sites is 1. The third kappa shape index (κ3) is 5.11. The van der Waals surface area contributed by atoms with Gasteiger partial charge in [-0.3, -0.25) is 4.57 Å². The van der Waals surface area contributed by atoms with Crippen LogP contribution >= 0.6 is 0 Å². The van der Waals surface area contributed by atoms with Gasteiger partial charge >= 0.3 is 0 Å². The topological polar surface area (TPSA) is 43.6 Å². The minimum atomic E-state index is 0.580. The van der Waals surface area contributed by atoms with Crippen LogP contribution in [0.2, 0.25) is 0 Å². The molecule has 0 N–H and O–H groups in total. The number of nitrogens with zero attached hydrogens (tertiary/aromatic N) is 4. The van der Waals surface area contributed by atoms with E-state index in [4.69, 9.17) is 15.0 Å². The first kappa shape index (κ1) is 31.1. The Kier molecular flexibility index (Phi) is 7.14. The summed E-state index contributed by atoms with van der Waals surface area (Å²) in [5.74, 6) is 1.82. The van der Waals surface area contributed by atoms with E-state index in [2.05, 4.69) is 180 Å². The number of hydrogen-bond acceptors (Lipinski definition) is 3. The molecule has 2 heterocycles.